The Balaban J connectivity index is 0. The third kappa shape index (κ3) is 5.18. The predicted octanol–water partition coefficient (Wildman–Crippen LogP) is 1.39. The van der Waals surface area contributed by atoms with E-state index in [9.17, 15) is 48.1 Å². The zero-order valence-electron chi connectivity index (χ0n) is 12.9. The number of hydrogen-bond acceptors (Lipinski definition) is 3. The van der Waals surface area contributed by atoms with Crippen LogP contribution in [-0.4, -0.2) is 36.0 Å². The molecule has 0 amide bonds. The number of alkyl halides is 8. The molecule has 0 unspecified atom stereocenters. The van der Waals surface area contributed by atoms with Gasteiger partial charge in [0, 0.05) is 6.42 Å². The standard InChI is InChI=1S/C11H16F8O3S.Na/c1-2-3-4-5-6-7-8(12,13)9(14,15)10(16,17)11(18,19)23(20,21)22;/h2-7H2,1H3,(H,20,21,22);/q;+1/p-1. The van der Waals surface area contributed by atoms with Gasteiger partial charge in [-0.05, 0) is 6.42 Å². The summed E-state index contributed by atoms with van der Waals surface area (Å²) in [5.74, 6) is -19.4. The Hall–Kier alpha value is 0.350. The van der Waals surface area contributed by atoms with Crippen LogP contribution in [0.2, 0.25) is 0 Å². The van der Waals surface area contributed by atoms with E-state index >= 15 is 0 Å². The van der Waals surface area contributed by atoms with Crippen LogP contribution in [0.15, 0.2) is 0 Å². The van der Waals surface area contributed by atoms with Gasteiger partial charge < -0.3 is 4.55 Å². The third-order valence-electron chi connectivity index (χ3n) is 3.13. The van der Waals surface area contributed by atoms with Gasteiger partial charge in [0.1, 0.15) is 0 Å². The molecule has 0 radical (unpaired) electrons. The van der Waals surface area contributed by atoms with E-state index in [0.29, 0.717) is 19.3 Å². The predicted molar refractivity (Wildman–Crippen MR) is 62.9 cm³/mol. The fourth-order valence-electron chi connectivity index (χ4n) is 1.68. The summed E-state index contributed by atoms with van der Waals surface area (Å²) in [6, 6.07) is 0. The zero-order chi connectivity index (χ0) is 18.7. The van der Waals surface area contributed by atoms with Gasteiger partial charge in [0.2, 0.25) is 0 Å². The Morgan fingerprint density at radius 3 is 1.58 bits per heavy atom. The topological polar surface area (TPSA) is 57.2 Å². The maximum Gasteiger partial charge on any atom is 1.00 e. The van der Waals surface area contributed by atoms with Crippen molar-refractivity contribution in [3.63, 3.8) is 0 Å². The second kappa shape index (κ2) is 8.83. The first-order valence-electron chi connectivity index (χ1n) is 6.53. The SMILES string of the molecule is CCCCCCCC(F)(F)C(F)(F)C(F)(F)C(F)(F)S(=O)(=O)[O-].[Na+]. The molecule has 0 aliphatic heterocycles. The van der Waals surface area contributed by atoms with Crippen LogP contribution in [-0.2, 0) is 10.1 Å². The van der Waals surface area contributed by atoms with Crippen LogP contribution in [0, 0.1) is 0 Å². The number of hydrogen-bond donors (Lipinski definition) is 0. The fourth-order valence-corrected chi connectivity index (χ4v) is 2.12. The summed E-state index contributed by atoms with van der Waals surface area (Å²) in [6.45, 7) is 1.76. The monoisotopic (exact) mass is 402 g/mol. The van der Waals surface area contributed by atoms with Crippen molar-refractivity contribution in [3.8, 4) is 0 Å². The average Bonchev–Trinajstić information content (AvgIpc) is 2.36. The minimum atomic E-state index is -7.28. The molecular formula is C11H15F8NaO3S. The van der Waals surface area contributed by atoms with Gasteiger partial charge in [0.15, 0.2) is 10.1 Å². The van der Waals surface area contributed by atoms with E-state index in [0.717, 1.165) is 0 Å². The maximum atomic E-state index is 13.3. The molecule has 0 saturated carbocycles. The third-order valence-corrected chi connectivity index (χ3v) is 4.01. The van der Waals surface area contributed by atoms with Crippen molar-refractivity contribution in [2.75, 3.05) is 0 Å². The van der Waals surface area contributed by atoms with E-state index in [-0.39, 0.29) is 36.0 Å². The molecule has 0 aliphatic carbocycles. The Morgan fingerprint density at radius 2 is 1.21 bits per heavy atom. The van der Waals surface area contributed by atoms with E-state index in [4.69, 9.17) is 0 Å². The van der Waals surface area contributed by atoms with E-state index in [1.165, 1.54) is 0 Å². The molecule has 140 valence electrons. The van der Waals surface area contributed by atoms with Gasteiger partial charge >= 0.3 is 52.6 Å². The van der Waals surface area contributed by atoms with Crippen molar-refractivity contribution < 1.29 is 77.7 Å². The van der Waals surface area contributed by atoms with Gasteiger partial charge in [-0.2, -0.15) is 35.1 Å². The molecule has 0 aliphatic rings. The van der Waals surface area contributed by atoms with Crippen LogP contribution >= 0.6 is 0 Å². The molecule has 0 atom stereocenters. The summed E-state index contributed by atoms with van der Waals surface area (Å²) in [6.07, 6.45) is -0.938. The molecule has 3 nitrogen and oxygen atoms in total. The van der Waals surface area contributed by atoms with E-state index in [1.807, 2.05) is 0 Å². The van der Waals surface area contributed by atoms with Crippen LogP contribution < -0.4 is 29.6 Å². The number of unbranched alkanes of at least 4 members (excludes halogenated alkanes) is 4. The van der Waals surface area contributed by atoms with Gasteiger partial charge in [-0.25, -0.2) is 8.42 Å². The quantitative estimate of drug-likeness (QED) is 0.240. The average molecular weight is 402 g/mol. The fraction of sp³-hybridized carbons (Fsp3) is 1.00. The van der Waals surface area contributed by atoms with Gasteiger partial charge in [-0.3, -0.25) is 0 Å². The van der Waals surface area contributed by atoms with Gasteiger partial charge in [0.25, 0.3) is 0 Å². The molecule has 13 heteroatoms. The molecule has 0 spiro atoms. The molecule has 0 bridgehead atoms. The normalized spacial score (nSPS) is 14.4. The van der Waals surface area contributed by atoms with Gasteiger partial charge in [-0.15, -0.1) is 0 Å². The Kier molecular flexibility index (Phi) is 9.78. The summed E-state index contributed by atoms with van der Waals surface area (Å²) in [5.41, 5.74) is 0. The Labute approximate surface area is 156 Å². The van der Waals surface area contributed by atoms with Crippen LogP contribution in [0.1, 0.15) is 45.4 Å². The van der Waals surface area contributed by atoms with Crippen molar-refractivity contribution in [1.29, 1.82) is 0 Å². The van der Waals surface area contributed by atoms with Gasteiger partial charge in [0.05, 0.1) is 0 Å². The molecule has 0 heterocycles. The largest absolute Gasteiger partial charge is 1.00 e. The smallest absolute Gasteiger partial charge is 0.743 e. The number of halogens is 8. The molecular weight excluding hydrogens is 387 g/mol. The first-order chi connectivity index (χ1) is 10.1. The van der Waals surface area contributed by atoms with Gasteiger partial charge in [-0.1, -0.05) is 32.6 Å². The first kappa shape index (κ1) is 26.6. The molecule has 0 aromatic carbocycles. The summed E-state index contributed by atoms with van der Waals surface area (Å²) in [7, 11) is -7.28. The van der Waals surface area contributed by atoms with Crippen LogP contribution in [0.3, 0.4) is 0 Å². The van der Waals surface area contributed by atoms with Crippen molar-refractivity contribution in [2.45, 2.75) is 68.5 Å². The van der Waals surface area contributed by atoms with Crippen molar-refractivity contribution >= 4 is 10.1 Å². The maximum absolute atomic E-state index is 13.3. The molecule has 0 aromatic heterocycles. The zero-order valence-corrected chi connectivity index (χ0v) is 15.7. The Morgan fingerprint density at radius 1 is 0.792 bits per heavy atom. The summed E-state index contributed by atoms with van der Waals surface area (Å²) >= 11 is 0. The van der Waals surface area contributed by atoms with Crippen LogP contribution in [0.5, 0.6) is 0 Å². The molecule has 0 rings (SSSR count). The summed E-state index contributed by atoms with van der Waals surface area (Å²) in [5, 5.41) is -6.88. The summed E-state index contributed by atoms with van der Waals surface area (Å²) < 4.78 is 135. The second-order valence-corrected chi connectivity index (χ2v) is 6.41. The summed E-state index contributed by atoms with van der Waals surface area (Å²) in [4.78, 5) is 0. The van der Waals surface area contributed by atoms with Crippen molar-refractivity contribution in [3.05, 3.63) is 0 Å². The Bertz CT molecular complexity index is 495. The molecule has 0 fully saturated rings. The molecule has 0 saturated heterocycles. The van der Waals surface area contributed by atoms with Crippen LogP contribution in [0.4, 0.5) is 35.1 Å². The molecule has 0 aromatic rings. The minimum absolute atomic E-state index is 0. The van der Waals surface area contributed by atoms with Crippen molar-refractivity contribution in [2.24, 2.45) is 0 Å². The van der Waals surface area contributed by atoms with Crippen molar-refractivity contribution in [1.82, 2.24) is 0 Å². The van der Waals surface area contributed by atoms with Crippen LogP contribution in [0.25, 0.3) is 0 Å². The molecule has 24 heavy (non-hydrogen) atoms. The van der Waals surface area contributed by atoms with E-state index in [2.05, 4.69) is 0 Å². The number of rotatable bonds is 10. The molecule has 0 N–H and O–H groups in total. The van der Waals surface area contributed by atoms with E-state index in [1.54, 1.807) is 6.92 Å². The second-order valence-electron chi connectivity index (χ2n) is 4.99. The minimum Gasteiger partial charge on any atom is -0.743 e. The van der Waals surface area contributed by atoms with E-state index < -0.39 is 46.0 Å². The first-order valence-corrected chi connectivity index (χ1v) is 7.93.